The highest BCUT2D eigenvalue weighted by Crippen LogP contribution is 2.22. The van der Waals surface area contributed by atoms with Crippen LogP contribution in [0.5, 0.6) is 5.75 Å². The molecule has 3 aromatic carbocycles. The Kier molecular flexibility index (Phi) is 4.87. The molecule has 0 saturated carbocycles. The largest absolute Gasteiger partial charge is 0.484 e. The Morgan fingerprint density at radius 2 is 1.46 bits per heavy atom. The van der Waals surface area contributed by atoms with Crippen molar-refractivity contribution in [3.63, 3.8) is 0 Å². The first kappa shape index (κ1) is 15.7. The zero-order valence-electron chi connectivity index (χ0n) is 12.9. The van der Waals surface area contributed by atoms with E-state index in [0.717, 1.165) is 11.1 Å². The van der Waals surface area contributed by atoms with Crippen molar-refractivity contribution in [3.05, 3.63) is 84.7 Å². The number of amides is 1. The number of ether oxygens (including phenoxy) is 1. The normalized spacial score (nSPS) is 10.2. The minimum Gasteiger partial charge on any atom is -0.484 e. The Morgan fingerprint density at radius 3 is 2.17 bits per heavy atom. The molecule has 0 atom stereocenters. The second-order valence-electron chi connectivity index (χ2n) is 5.21. The molecule has 0 unspecified atom stereocenters. The molecule has 0 aliphatic carbocycles. The van der Waals surface area contributed by atoms with Crippen LogP contribution in [-0.2, 0) is 4.79 Å². The van der Waals surface area contributed by atoms with Gasteiger partial charge in [-0.15, -0.1) is 0 Å². The van der Waals surface area contributed by atoms with Gasteiger partial charge in [-0.05, 0) is 35.4 Å². The topological polar surface area (TPSA) is 38.3 Å². The van der Waals surface area contributed by atoms with Gasteiger partial charge in [-0.1, -0.05) is 54.6 Å². The predicted octanol–water partition coefficient (Wildman–Crippen LogP) is 4.51. The number of halogens is 1. The summed E-state index contributed by atoms with van der Waals surface area (Å²) in [6, 6.07) is 23.5. The fraction of sp³-hybridized carbons (Fsp3) is 0.0500. The van der Waals surface area contributed by atoms with E-state index in [-0.39, 0.29) is 12.3 Å². The lowest BCUT2D eigenvalue weighted by atomic mass is 10.1. The average molecular weight is 321 g/mol. The molecule has 1 N–H and O–H groups in total. The van der Waals surface area contributed by atoms with Crippen molar-refractivity contribution in [2.24, 2.45) is 0 Å². The van der Waals surface area contributed by atoms with Gasteiger partial charge in [0.2, 0.25) is 0 Å². The number of rotatable bonds is 5. The lowest BCUT2D eigenvalue weighted by Crippen LogP contribution is -2.20. The maximum atomic E-state index is 13.5. The van der Waals surface area contributed by atoms with Crippen molar-refractivity contribution in [3.8, 4) is 16.9 Å². The highest BCUT2D eigenvalue weighted by molar-refractivity contribution is 5.91. The molecule has 0 aliphatic heterocycles. The lowest BCUT2D eigenvalue weighted by molar-refractivity contribution is -0.118. The highest BCUT2D eigenvalue weighted by atomic mass is 19.1. The van der Waals surface area contributed by atoms with Crippen LogP contribution in [0.2, 0.25) is 0 Å². The standard InChI is InChI=1S/C20H16FNO2/c21-18-8-4-5-9-19(18)22-20(23)14-24-17-12-10-16(11-13-17)15-6-2-1-3-7-15/h1-13H,14H2,(H,22,23). The van der Waals surface area contributed by atoms with Crippen LogP contribution in [0.1, 0.15) is 0 Å². The van der Waals surface area contributed by atoms with E-state index in [2.05, 4.69) is 5.32 Å². The van der Waals surface area contributed by atoms with Gasteiger partial charge in [0.25, 0.3) is 5.91 Å². The Morgan fingerprint density at radius 1 is 0.833 bits per heavy atom. The van der Waals surface area contributed by atoms with Gasteiger partial charge in [-0.25, -0.2) is 4.39 Å². The van der Waals surface area contributed by atoms with Crippen LogP contribution in [-0.4, -0.2) is 12.5 Å². The van der Waals surface area contributed by atoms with Crippen LogP contribution in [0.4, 0.5) is 10.1 Å². The lowest BCUT2D eigenvalue weighted by Gasteiger charge is -2.09. The molecule has 0 radical (unpaired) electrons. The van der Waals surface area contributed by atoms with Crippen LogP contribution in [0, 0.1) is 5.82 Å². The Hall–Kier alpha value is -3.14. The molecular weight excluding hydrogens is 305 g/mol. The predicted molar refractivity (Wildman–Crippen MR) is 92.4 cm³/mol. The van der Waals surface area contributed by atoms with Crippen molar-refractivity contribution in [2.45, 2.75) is 0 Å². The number of carbonyl (C=O) groups excluding carboxylic acids is 1. The summed E-state index contributed by atoms with van der Waals surface area (Å²) >= 11 is 0. The van der Waals surface area contributed by atoms with E-state index < -0.39 is 11.7 Å². The summed E-state index contributed by atoms with van der Waals surface area (Å²) in [6.07, 6.45) is 0. The van der Waals surface area contributed by atoms with Crippen LogP contribution >= 0.6 is 0 Å². The fourth-order valence-corrected chi connectivity index (χ4v) is 2.27. The first-order chi connectivity index (χ1) is 11.7. The Labute approximate surface area is 139 Å². The molecule has 0 fully saturated rings. The zero-order valence-corrected chi connectivity index (χ0v) is 12.9. The van der Waals surface area contributed by atoms with E-state index in [1.54, 1.807) is 24.3 Å². The summed E-state index contributed by atoms with van der Waals surface area (Å²) in [5, 5.41) is 2.48. The third-order valence-electron chi connectivity index (χ3n) is 3.48. The van der Waals surface area contributed by atoms with Gasteiger partial charge < -0.3 is 10.1 Å². The third-order valence-corrected chi connectivity index (χ3v) is 3.48. The van der Waals surface area contributed by atoms with Crippen LogP contribution in [0.25, 0.3) is 11.1 Å². The van der Waals surface area contributed by atoms with E-state index in [0.29, 0.717) is 5.75 Å². The molecule has 0 spiro atoms. The Bertz CT molecular complexity index is 817. The minimum absolute atomic E-state index is 0.144. The summed E-state index contributed by atoms with van der Waals surface area (Å²) in [5.41, 5.74) is 2.32. The molecule has 0 aliphatic rings. The van der Waals surface area contributed by atoms with Crippen molar-refractivity contribution in [2.75, 3.05) is 11.9 Å². The molecule has 0 heterocycles. The van der Waals surface area contributed by atoms with Crippen molar-refractivity contribution in [1.29, 1.82) is 0 Å². The molecule has 3 aromatic rings. The summed E-state index contributed by atoms with van der Waals surface area (Å²) in [7, 11) is 0. The molecule has 24 heavy (non-hydrogen) atoms. The molecule has 3 rings (SSSR count). The number of carbonyl (C=O) groups is 1. The molecule has 0 aromatic heterocycles. The average Bonchev–Trinajstić information content (AvgIpc) is 2.63. The highest BCUT2D eigenvalue weighted by Gasteiger charge is 2.07. The fourth-order valence-electron chi connectivity index (χ4n) is 2.27. The summed E-state index contributed by atoms with van der Waals surface area (Å²) in [4.78, 5) is 11.8. The van der Waals surface area contributed by atoms with Crippen molar-refractivity contribution < 1.29 is 13.9 Å². The van der Waals surface area contributed by atoms with Gasteiger partial charge in [0, 0.05) is 0 Å². The SMILES string of the molecule is O=C(COc1ccc(-c2ccccc2)cc1)Nc1ccccc1F. The molecular formula is C20H16FNO2. The van der Waals surface area contributed by atoms with Gasteiger partial charge >= 0.3 is 0 Å². The molecule has 0 saturated heterocycles. The summed E-state index contributed by atoms with van der Waals surface area (Å²) < 4.78 is 18.9. The van der Waals surface area contributed by atoms with E-state index in [1.807, 2.05) is 42.5 Å². The minimum atomic E-state index is -0.474. The van der Waals surface area contributed by atoms with Gasteiger partial charge in [0.05, 0.1) is 5.69 Å². The number of anilines is 1. The van der Waals surface area contributed by atoms with Gasteiger partial charge in [-0.3, -0.25) is 4.79 Å². The number of para-hydroxylation sites is 1. The number of benzene rings is 3. The number of hydrogen-bond acceptors (Lipinski definition) is 2. The van der Waals surface area contributed by atoms with Crippen molar-refractivity contribution >= 4 is 11.6 Å². The monoisotopic (exact) mass is 321 g/mol. The first-order valence-electron chi connectivity index (χ1n) is 7.55. The molecule has 120 valence electrons. The van der Waals surface area contributed by atoms with E-state index in [4.69, 9.17) is 4.74 Å². The quantitative estimate of drug-likeness (QED) is 0.751. The van der Waals surface area contributed by atoms with E-state index >= 15 is 0 Å². The van der Waals surface area contributed by atoms with Crippen LogP contribution in [0.15, 0.2) is 78.9 Å². The molecule has 4 heteroatoms. The molecule has 1 amide bonds. The number of hydrogen-bond donors (Lipinski definition) is 1. The maximum absolute atomic E-state index is 13.5. The smallest absolute Gasteiger partial charge is 0.262 e. The van der Waals surface area contributed by atoms with Crippen LogP contribution in [0.3, 0.4) is 0 Å². The number of nitrogens with one attached hydrogen (secondary N) is 1. The second-order valence-corrected chi connectivity index (χ2v) is 5.21. The van der Waals surface area contributed by atoms with Crippen molar-refractivity contribution in [1.82, 2.24) is 0 Å². The molecule has 0 bridgehead atoms. The maximum Gasteiger partial charge on any atom is 0.262 e. The van der Waals surface area contributed by atoms with E-state index in [9.17, 15) is 9.18 Å². The summed E-state index contributed by atoms with van der Waals surface area (Å²) in [5.74, 6) is -0.302. The second kappa shape index (κ2) is 7.42. The molecule has 3 nitrogen and oxygen atoms in total. The van der Waals surface area contributed by atoms with Gasteiger partial charge in [0.15, 0.2) is 6.61 Å². The van der Waals surface area contributed by atoms with Crippen LogP contribution < -0.4 is 10.1 Å². The zero-order chi connectivity index (χ0) is 16.8. The Balaban J connectivity index is 1.57. The summed E-state index contributed by atoms with van der Waals surface area (Å²) in [6.45, 7) is -0.182. The third kappa shape index (κ3) is 3.98. The first-order valence-corrected chi connectivity index (χ1v) is 7.55. The van der Waals surface area contributed by atoms with Gasteiger partial charge in [0.1, 0.15) is 11.6 Å². The van der Waals surface area contributed by atoms with E-state index in [1.165, 1.54) is 12.1 Å². The van der Waals surface area contributed by atoms with Gasteiger partial charge in [-0.2, -0.15) is 0 Å².